The molecule has 4 nitrogen and oxygen atoms in total. The van der Waals surface area contributed by atoms with E-state index < -0.39 is 16.9 Å². The highest BCUT2D eigenvalue weighted by Crippen LogP contribution is 2.30. The Kier molecular flexibility index (Phi) is 21.5. The molecule has 1 fully saturated rings. The molecule has 1 unspecified atom stereocenters. The number of aliphatic hydroxyl groups is 1. The first-order valence-electron chi connectivity index (χ1n) is 8.72. The number of aliphatic imine (C=N–C) groups is 1. The number of alkyl halides is 1. The van der Waals surface area contributed by atoms with Gasteiger partial charge < -0.3 is 10.8 Å². The van der Waals surface area contributed by atoms with Crippen LogP contribution >= 0.6 is 11.6 Å². The molecule has 1 rings (SSSR count). The molecule has 6 heteroatoms. The van der Waals surface area contributed by atoms with Gasteiger partial charge in [-0.25, -0.2) is 9.38 Å². The van der Waals surface area contributed by atoms with E-state index in [1.54, 1.807) is 13.0 Å². The molecule has 1 aliphatic carbocycles. The number of nitrogens with two attached hydrogens (primary N) is 1. The molecule has 0 heterocycles. The Morgan fingerprint density at radius 1 is 1.40 bits per heavy atom. The Morgan fingerprint density at radius 3 is 2.16 bits per heavy atom. The van der Waals surface area contributed by atoms with Crippen molar-refractivity contribution in [3.05, 3.63) is 24.6 Å². The molecule has 0 aromatic carbocycles. The van der Waals surface area contributed by atoms with Gasteiger partial charge in [-0.1, -0.05) is 50.8 Å². The van der Waals surface area contributed by atoms with Gasteiger partial charge in [0.2, 0.25) is 0 Å². The Morgan fingerprint density at radius 2 is 1.84 bits per heavy atom. The zero-order chi connectivity index (χ0) is 20.3. The van der Waals surface area contributed by atoms with Crippen LogP contribution in [0.25, 0.3) is 0 Å². The zero-order valence-electron chi connectivity index (χ0n) is 16.4. The second-order valence-electron chi connectivity index (χ2n) is 5.25. The summed E-state index contributed by atoms with van der Waals surface area (Å²) in [6, 6.07) is 2.03. The molecule has 0 radical (unpaired) electrons. The van der Waals surface area contributed by atoms with Crippen molar-refractivity contribution in [3.63, 3.8) is 0 Å². The Balaban J connectivity index is -0.000000308. The van der Waals surface area contributed by atoms with Gasteiger partial charge in [0.25, 0.3) is 0 Å². The van der Waals surface area contributed by atoms with Crippen molar-refractivity contribution in [2.24, 2.45) is 10.7 Å². The first kappa shape index (κ1) is 28.4. The van der Waals surface area contributed by atoms with E-state index >= 15 is 0 Å². The number of hydrogen-bond donors (Lipinski definition) is 2. The van der Waals surface area contributed by atoms with Crippen LogP contribution in [0.1, 0.15) is 73.1 Å². The highest BCUT2D eigenvalue weighted by Gasteiger charge is 2.28. The number of hydrogen-bond acceptors (Lipinski definition) is 3. The van der Waals surface area contributed by atoms with Gasteiger partial charge in [0.15, 0.2) is 11.7 Å². The van der Waals surface area contributed by atoms with E-state index in [1.807, 2.05) is 26.8 Å². The number of amidine groups is 1. The summed E-state index contributed by atoms with van der Waals surface area (Å²) < 4.78 is 12.4. The third-order valence-electron chi connectivity index (χ3n) is 3.01. The molecule has 25 heavy (non-hydrogen) atoms. The van der Waals surface area contributed by atoms with Gasteiger partial charge in [0.05, 0.1) is 18.1 Å². The van der Waals surface area contributed by atoms with Crippen LogP contribution in [0.15, 0.2) is 29.6 Å². The third-order valence-corrected chi connectivity index (χ3v) is 3.11. The molecule has 0 aromatic rings. The summed E-state index contributed by atoms with van der Waals surface area (Å²) in [6.45, 7) is 12.4. The van der Waals surface area contributed by atoms with E-state index in [2.05, 4.69) is 11.6 Å². The molecule has 0 bridgehead atoms. The first-order valence-corrected chi connectivity index (χ1v) is 9.15. The molecule has 1 atom stereocenters. The fraction of sp³-hybridized carbons (Fsp3) is 0.684. The maximum atomic E-state index is 12.4. The lowest BCUT2D eigenvalue weighted by molar-refractivity contribution is 0.00856. The van der Waals surface area contributed by atoms with Crippen molar-refractivity contribution in [1.29, 1.82) is 5.26 Å². The Hall–Kier alpha value is -1.38. The van der Waals surface area contributed by atoms with Crippen LogP contribution < -0.4 is 5.73 Å². The molecule has 0 spiro atoms. The quantitative estimate of drug-likeness (QED) is 0.221. The van der Waals surface area contributed by atoms with Crippen LogP contribution in [0.3, 0.4) is 0 Å². The summed E-state index contributed by atoms with van der Waals surface area (Å²) in [7, 11) is 0. The molecular weight excluding hydrogens is 341 g/mol. The Bertz CT molecular complexity index is 423. The van der Waals surface area contributed by atoms with Crippen LogP contribution in [-0.2, 0) is 0 Å². The molecule has 146 valence electrons. The minimum Gasteiger partial charge on any atom is -0.389 e. The van der Waals surface area contributed by atoms with Crippen molar-refractivity contribution < 1.29 is 9.50 Å². The predicted octanol–water partition coefficient (Wildman–Crippen LogP) is 5.62. The summed E-state index contributed by atoms with van der Waals surface area (Å²) in [5.41, 5.74) is 4.04. The Labute approximate surface area is 158 Å². The number of halogens is 2. The molecule has 0 saturated heterocycles. The normalized spacial score (nSPS) is 17.1. The number of rotatable bonds is 3. The van der Waals surface area contributed by atoms with Crippen LogP contribution in [-0.4, -0.2) is 22.0 Å². The average Bonchev–Trinajstić information content (AvgIpc) is 2.57. The largest absolute Gasteiger partial charge is 0.389 e. The van der Waals surface area contributed by atoms with E-state index in [9.17, 15) is 9.50 Å². The SMILES string of the molecule is C/C=C(F)\C(N)=N/C(C)Cl.C=CC.CC.N#CCC1(O)CCCCC1. The average molecular weight is 376 g/mol. The molecule has 0 aliphatic heterocycles. The minimum absolute atomic E-state index is 0.148. The topological polar surface area (TPSA) is 82.4 Å². The van der Waals surface area contributed by atoms with Gasteiger partial charge in [-0.2, -0.15) is 5.26 Å². The van der Waals surface area contributed by atoms with Crippen LogP contribution in [0.4, 0.5) is 4.39 Å². The van der Waals surface area contributed by atoms with Gasteiger partial charge in [0.1, 0.15) is 5.50 Å². The van der Waals surface area contributed by atoms with Gasteiger partial charge in [-0.15, -0.1) is 6.58 Å². The van der Waals surface area contributed by atoms with Crippen molar-refractivity contribution in [2.75, 3.05) is 0 Å². The number of nitriles is 1. The van der Waals surface area contributed by atoms with Gasteiger partial charge >= 0.3 is 0 Å². The molecule has 3 N–H and O–H groups in total. The summed E-state index contributed by atoms with van der Waals surface area (Å²) >= 11 is 5.41. The number of nitrogens with zero attached hydrogens (tertiary/aromatic N) is 2. The molecule has 1 saturated carbocycles. The monoisotopic (exact) mass is 375 g/mol. The van der Waals surface area contributed by atoms with E-state index in [1.165, 1.54) is 19.4 Å². The lowest BCUT2D eigenvalue weighted by Crippen LogP contribution is -2.30. The van der Waals surface area contributed by atoms with Gasteiger partial charge in [-0.3, -0.25) is 0 Å². The highest BCUT2D eigenvalue weighted by molar-refractivity contribution is 6.21. The van der Waals surface area contributed by atoms with E-state index in [-0.39, 0.29) is 5.84 Å². The summed E-state index contributed by atoms with van der Waals surface area (Å²) in [5, 5.41) is 18.0. The third kappa shape index (κ3) is 18.8. The minimum atomic E-state index is -0.632. The van der Waals surface area contributed by atoms with Crippen LogP contribution in [0.5, 0.6) is 0 Å². The van der Waals surface area contributed by atoms with Gasteiger partial charge in [-0.05, 0) is 39.7 Å². The van der Waals surface area contributed by atoms with Crippen molar-refractivity contribution in [3.8, 4) is 6.07 Å². The van der Waals surface area contributed by atoms with Crippen LogP contribution in [0, 0.1) is 11.3 Å². The van der Waals surface area contributed by atoms with Crippen molar-refractivity contribution >= 4 is 17.4 Å². The lowest BCUT2D eigenvalue weighted by atomic mass is 9.83. The molecule has 1 aliphatic rings. The molecule has 0 amide bonds. The summed E-state index contributed by atoms with van der Waals surface area (Å²) in [6.07, 6.45) is 8.32. The van der Waals surface area contributed by atoms with Crippen LogP contribution in [0.2, 0.25) is 0 Å². The fourth-order valence-electron chi connectivity index (χ4n) is 1.94. The highest BCUT2D eigenvalue weighted by atomic mass is 35.5. The predicted molar refractivity (Wildman–Crippen MR) is 107 cm³/mol. The second-order valence-corrected chi connectivity index (χ2v) is 5.88. The van der Waals surface area contributed by atoms with E-state index in [0.29, 0.717) is 6.42 Å². The van der Waals surface area contributed by atoms with Crippen molar-refractivity contribution in [1.82, 2.24) is 0 Å². The van der Waals surface area contributed by atoms with Gasteiger partial charge in [0, 0.05) is 0 Å². The van der Waals surface area contributed by atoms with E-state index in [0.717, 1.165) is 25.7 Å². The maximum absolute atomic E-state index is 12.4. The summed E-state index contributed by atoms with van der Waals surface area (Å²) in [4.78, 5) is 3.56. The maximum Gasteiger partial charge on any atom is 0.160 e. The summed E-state index contributed by atoms with van der Waals surface area (Å²) in [5.74, 6) is -0.683. The molecular formula is C19H35ClFN3O. The fourth-order valence-corrected chi connectivity index (χ4v) is 2.04. The first-order chi connectivity index (χ1) is 11.8. The second kappa shape index (κ2) is 19.0. The number of allylic oxidation sites excluding steroid dienone is 2. The van der Waals surface area contributed by atoms with E-state index in [4.69, 9.17) is 22.6 Å². The molecule has 0 aromatic heterocycles. The standard InChI is InChI=1S/C8H13NO.C6H10ClFN2.C3H6.C2H6/c9-7-6-8(10)4-2-1-3-5-8;1-3-5(8)6(9)10-4(2)7;1-3-2;1-2/h10H,1-6H2;3-4H,1-2H3,(H2,9,10);3H,1H2,2H3;1-2H3/b;5-3+;;. The lowest BCUT2D eigenvalue weighted by Gasteiger charge is -2.29. The van der Waals surface area contributed by atoms with Crippen molar-refractivity contribution in [2.45, 2.75) is 84.2 Å². The zero-order valence-corrected chi connectivity index (χ0v) is 17.1. The smallest absolute Gasteiger partial charge is 0.160 e.